The molecule has 3 atom stereocenters. The fourth-order valence-electron chi connectivity index (χ4n) is 2.84. The Kier molecular flexibility index (Phi) is 6.20. The van der Waals surface area contributed by atoms with E-state index < -0.39 is 9.96 Å². The summed E-state index contributed by atoms with van der Waals surface area (Å²) < 4.78 is 4.06. The first-order valence-electron chi connectivity index (χ1n) is 7.51. The second-order valence-corrected chi connectivity index (χ2v) is 8.31. The Bertz CT molecular complexity index is 553. The first-order chi connectivity index (χ1) is 10.7. The molecule has 1 fully saturated rings. The zero-order valence-corrected chi connectivity index (χ0v) is 15.6. The fourth-order valence-corrected chi connectivity index (χ4v) is 3.42. The maximum Gasteiger partial charge on any atom is 0.252 e. The number of amides is 1. The number of hydrogen-bond donors (Lipinski definition) is 1. The van der Waals surface area contributed by atoms with Crippen molar-refractivity contribution >= 4 is 40.7 Å². The largest absolute Gasteiger partial charge is 0.373 e. The van der Waals surface area contributed by atoms with Gasteiger partial charge in [-0.2, -0.15) is 0 Å². The first kappa shape index (κ1) is 18.8. The van der Waals surface area contributed by atoms with Crippen LogP contribution < -0.4 is 5.32 Å². The van der Waals surface area contributed by atoms with Crippen molar-refractivity contribution in [2.24, 2.45) is 0 Å². The molecule has 0 aliphatic carbocycles. The van der Waals surface area contributed by atoms with Crippen molar-refractivity contribution in [3.05, 3.63) is 35.4 Å². The normalized spacial score (nSPS) is 24.3. The lowest BCUT2D eigenvalue weighted by molar-refractivity contribution is -0.0826. The summed E-state index contributed by atoms with van der Waals surface area (Å²) in [7, 11) is 0. The molecule has 128 valence electrons. The maximum atomic E-state index is 12.6. The van der Waals surface area contributed by atoms with Crippen LogP contribution in [0.5, 0.6) is 0 Å². The number of rotatable bonds is 3. The molecular weight excluding hydrogens is 359 g/mol. The van der Waals surface area contributed by atoms with Crippen molar-refractivity contribution in [3.8, 4) is 0 Å². The summed E-state index contributed by atoms with van der Waals surface area (Å²) in [6.07, 6.45) is -0.721. The van der Waals surface area contributed by atoms with Crippen LogP contribution in [-0.2, 0) is 4.74 Å². The lowest BCUT2D eigenvalue weighted by atomic mass is 10.1. The smallest absolute Gasteiger partial charge is 0.252 e. The topological polar surface area (TPSA) is 41.6 Å². The number of ether oxygens (including phenoxy) is 1. The molecule has 1 amide bonds. The molecule has 7 heteroatoms. The lowest BCUT2D eigenvalue weighted by Crippen LogP contribution is -2.60. The van der Waals surface area contributed by atoms with Gasteiger partial charge in [-0.3, -0.25) is 9.69 Å². The van der Waals surface area contributed by atoms with Crippen molar-refractivity contribution in [3.63, 3.8) is 0 Å². The molecular formula is C16H21Cl3N2O2. The van der Waals surface area contributed by atoms with Crippen LogP contribution in [0.4, 0.5) is 0 Å². The Morgan fingerprint density at radius 1 is 1.26 bits per heavy atom. The summed E-state index contributed by atoms with van der Waals surface area (Å²) in [6, 6.07) is 7.32. The Hall–Kier alpha value is -0.520. The van der Waals surface area contributed by atoms with Gasteiger partial charge < -0.3 is 10.1 Å². The van der Waals surface area contributed by atoms with E-state index >= 15 is 0 Å². The number of carbonyl (C=O) groups is 1. The maximum absolute atomic E-state index is 12.6. The van der Waals surface area contributed by atoms with Gasteiger partial charge in [0, 0.05) is 18.7 Å². The summed E-state index contributed by atoms with van der Waals surface area (Å²) in [6.45, 7) is 6.95. The monoisotopic (exact) mass is 378 g/mol. The molecule has 1 aliphatic heterocycles. The third-order valence-electron chi connectivity index (χ3n) is 3.78. The summed E-state index contributed by atoms with van der Waals surface area (Å²) in [4.78, 5) is 14.5. The zero-order valence-electron chi connectivity index (χ0n) is 13.4. The summed E-state index contributed by atoms with van der Waals surface area (Å²) in [5, 5.41) is 2.86. The van der Waals surface area contributed by atoms with E-state index in [1.54, 1.807) is 6.07 Å². The minimum atomic E-state index is -1.64. The molecule has 1 aromatic carbocycles. The first-order valence-corrected chi connectivity index (χ1v) is 8.64. The second kappa shape index (κ2) is 7.58. The Balaban J connectivity index is 2.20. The summed E-state index contributed by atoms with van der Waals surface area (Å²) >= 11 is 18.4. The average molecular weight is 380 g/mol. The van der Waals surface area contributed by atoms with Crippen LogP contribution in [0.15, 0.2) is 24.3 Å². The number of benzene rings is 1. The predicted octanol–water partition coefficient (Wildman–Crippen LogP) is 3.53. The third kappa shape index (κ3) is 4.97. The van der Waals surface area contributed by atoms with Crippen molar-refractivity contribution in [2.45, 2.75) is 42.9 Å². The summed E-state index contributed by atoms with van der Waals surface area (Å²) in [5.41, 5.74) is 1.44. The predicted molar refractivity (Wildman–Crippen MR) is 94.3 cm³/mol. The Morgan fingerprint density at radius 2 is 1.83 bits per heavy atom. The molecule has 1 aromatic rings. The minimum Gasteiger partial charge on any atom is -0.373 e. The zero-order chi connectivity index (χ0) is 17.2. The van der Waals surface area contributed by atoms with Gasteiger partial charge in [0.2, 0.25) is 3.79 Å². The molecule has 1 N–H and O–H groups in total. The van der Waals surface area contributed by atoms with Crippen molar-refractivity contribution in [1.82, 2.24) is 10.2 Å². The van der Waals surface area contributed by atoms with Crippen molar-refractivity contribution in [1.29, 1.82) is 0 Å². The highest BCUT2D eigenvalue weighted by Crippen LogP contribution is 2.33. The van der Waals surface area contributed by atoms with Gasteiger partial charge in [0.25, 0.3) is 5.91 Å². The number of nitrogens with one attached hydrogen (secondary N) is 1. The van der Waals surface area contributed by atoms with Crippen molar-refractivity contribution < 1.29 is 9.53 Å². The highest BCUT2D eigenvalue weighted by atomic mass is 35.6. The molecule has 0 spiro atoms. The van der Waals surface area contributed by atoms with Gasteiger partial charge in [0.15, 0.2) is 0 Å². The fraction of sp³-hybridized carbons (Fsp3) is 0.562. The quantitative estimate of drug-likeness (QED) is 0.817. The van der Waals surface area contributed by atoms with Crippen molar-refractivity contribution in [2.75, 3.05) is 13.1 Å². The van der Waals surface area contributed by atoms with E-state index in [4.69, 9.17) is 39.5 Å². The van der Waals surface area contributed by atoms with E-state index in [9.17, 15) is 4.79 Å². The molecule has 4 nitrogen and oxygen atoms in total. The van der Waals surface area contributed by atoms with Gasteiger partial charge in [-0.15, -0.1) is 0 Å². The molecule has 1 heterocycles. The van der Waals surface area contributed by atoms with Crippen LogP contribution in [0.2, 0.25) is 0 Å². The van der Waals surface area contributed by atoms with Gasteiger partial charge in [0.1, 0.15) is 6.17 Å². The van der Waals surface area contributed by atoms with Crippen LogP contribution in [-0.4, -0.2) is 46.1 Å². The van der Waals surface area contributed by atoms with Gasteiger partial charge >= 0.3 is 0 Å². The molecule has 2 rings (SSSR count). The second-order valence-electron chi connectivity index (χ2n) is 5.94. The summed E-state index contributed by atoms with van der Waals surface area (Å²) in [5.74, 6) is -0.258. The SMILES string of the molecule is Cc1ccccc1C(=O)NC(N1CC(C)OC(C)C1)C(Cl)(Cl)Cl. The number of hydrogen-bond acceptors (Lipinski definition) is 3. The van der Waals surface area contributed by atoms with E-state index in [-0.39, 0.29) is 18.1 Å². The number of carbonyl (C=O) groups excluding carboxylic acids is 1. The van der Waals surface area contributed by atoms with Crippen LogP contribution in [0.25, 0.3) is 0 Å². The molecule has 0 radical (unpaired) electrons. The van der Waals surface area contributed by atoms with E-state index in [1.165, 1.54) is 0 Å². The van der Waals surface area contributed by atoms with Crippen LogP contribution in [0.1, 0.15) is 29.8 Å². The van der Waals surface area contributed by atoms with Gasteiger partial charge in [-0.1, -0.05) is 53.0 Å². The lowest BCUT2D eigenvalue weighted by Gasteiger charge is -2.42. The average Bonchev–Trinajstić information content (AvgIpc) is 2.42. The minimum absolute atomic E-state index is 0.00367. The van der Waals surface area contributed by atoms with Gasteiger partial charge in [0.05, 0.1) is 12.2 Å². The number of nitrogens with zero attached hydrogens (tertiary/aromatic N) is 1. The molecule has 23 heavy (non-hydrogen) atoms. The molecule has 0 bridgehead atoms. The molecule has 0 saturated carbocycles. The van der Waals surface area contributed by atoms with E-state index in [2.05, 4.69) is 5.32 Å². The molecule has 0 aromatic heterocycles. The highest BCUT2D eigenvalue weighted by Gasteiger charge is 2.41. The Morgan fingerprint density at radius 3 is 2.35 bits per heavy atom. The van der Waals surface area contributed by atoms with Crippen LogP contribution >= 0.6 is 34.8 Å². The standard InChI is InChI=1S/C16H21Cl3N2O2/c1-10-6-4-5-7-13(10)14(22)20-15(16(17,18)19)21-8-11(2)23-12(3)9-21/h4-7,11-12,15H,8-9H2,1-3H3,(H,20,22). The van der Waals surface area contributed by atoms with Gasteiger partial charge in [-0.05, 0) is 32.4 Å². The van der Waals surface area contributed by atoms with Gasteiger partial charge in [-0.25, -0.2) is 0 Å². The Labute approximate surface area is 152 Å². The van der Waals surface area contributed by atoms with E-state index in [1.807, 2.05) is 43.9 Å². The van der Waals surface area contributed by atoms with Crippen LogP contribution in [0, 0.1) is 6.92 Å². The third-order valence-corrected chi connectivity index (χ3v) is 4.40. The number of morpholine rings is 1. The molecule has 1 aliphatic rings. The van der Waals surface area contributed by atoms with E-state index in [0.717, 1.165) is 5.56 Å². The number of alkyl halides is 3. The number of halogens is 3. The van der Waals surface area contributed by atoms with E-state index in [0.29, 0.717) is 18.7 Å². The molecule has 1 saturated heterocycles. The van der Waals surface area contributed by atoms with Crippen LogP contribution in [0.3, 0.4) is 0 Å². The molecule has 3 unspecified atom stereocenters. The highest BCUT2D eigenvalue weighted by molar-refractivity contribution is 6.68. The number of aryl methyl sites for hydroxylation is 1.